The van der Waals surface area contributed by atoms with Gasteiger partial charge in [-0.1, -0.05) is 20.8 Å². The molecule has 1 atom stereocenters. The molecule has 1 aliphatic carbocycles. The summed E-state index contributed by atoms with van der Waals surface area (Å²) in [5, 5.41) is 12.8. The Kier molecular flexibility index (Phi) is 6.29. The molecule has 1 saturated carbocycles. The standard InChI is InChI=1S/C16H31N3/c1-16(2,3)14-8-6-13(7-9-14)15(12-17)18-10-11-19(4)5/h13-15,18H,6-11H2,1-5H3. The van der Waals surface area contributed by atoms with Crippen molar-refractivity contribution in [3.63, 3.8) is 0 Å². The van der Waals surface area contributed by atoms with Crippen LogP contribution < -0.4 is 5.32 Å². The van der Waals surface area contributed by atoms with Gasteiger partial charge in [0, 0.05) is 13.1 Å². The van der Waals surface area contributed by atoms with Gasteiger partial charge in [0.25, 0.3) is 0 Å². The first kappa shape index (κ1) is 16.5. The molecule has 3 nitrogen and oxygen atoms in total. The Hall–Kier alpha value is -0.590. The van der Waals surface area contributed by atoms with Gasteiger partial charge in [0.05, 0.1) is 12.1 Å². The summed E-state index contributed by atoms with van der Waals surface area (Å²) in [4.78, 5) is 2.15. The van der Waals surface area contributed by atoms with E-state index in [1.165, 1.54) is 25.7 Å². The average molecular weight is 265 g/mol. The van der Waals surface area contributed by atoms with Crippen molar-refractivity contribution in [3.05, 3.63) is 0 Å². The lowest BCUT2D eigenvalue weighted by molar-refractivity contribution is 0.140. The summed E-state index contributed by atoms with van der Waals surface area (Å²) in [6.45, 7) is 8.93. The van der Waals surface area contributed by atoms with Crippen molar-refractivity contribution in [3.8, 4) is 6.07 Å². The van der Waals surface area contributed by atoms with Gasteiger partial charge in [0.15, 0.2) is 0 Å². The molecule has 19 heavy (non-hydrogen) atoms. The summed E-state index contributed by atoms with van der Waals surface area (Å²) >= 11 is 0. The van der Waals surface area contributed by atoms with Gasteiger partial charge < -0.3 is 10.2 Å². The van der Waals surface area contributed by atoms with Crippen LogP contribution in [-0.2, 0) is 0 Å². The zero-order chi connectivity index (χ0) is 14.5. The van der Waals surface area contributed by atoms with Gasteiger partial charge >= 0.3 is 0 Å². The first-order valence-electron chi connectivity index (χ1n) is 7.62. The number of rotatable bonds is 5. The van der Waals surface area contributed by atoms with Crippen LogP contribution in [0.25, 0.3) is 0 Å². The predicted octanol–water partition coefficient (Wildman–Crippen LogP) is 2.88. The van der Waals surface area contributed by atoms with Gasteiger partial charge in [-0.15, -0.1) is 0 Å². The molecule has 1 N–H and O–H groups in total. The second-order valence-corrected chi connectivity index (χ2v) is 7.34. The van der Waals surface area contributed by atoms with E-state index >= 15 is 0 Å². The molecular formula is C16H31N3. The number of nitrogens with zero attached hydrogens (tertiary/aromatic N) is 2. The quantitative estimate of drug-likeness (QED) is 0.831. The van der Waals surface area contributed by atoms with E-state index in [2.05, 4.69) is 51.2 Å². The molecular weight excluding hydrogens is 234 g/mol. The van der Waals surface area contributed by atoms with Crippen molar-refractivity contribution in [2.75, 3.05) is 27.2 Å². The van der Waals surface area contributed by atoms with E-state index in [-0.39, 0.29) is 6.04 Å². The summed E-state index contributed by atoms with van der Waals surface area (Å²) in [5.41, 5.74) is 0.422. The fourth-order valence-corrected chi connectivity index (χ4v) is 3.08. The molecule has 0 aromatic rings. The summed E-state index contributed by atoms with van der Waals surface area (Å²) in [7, 11) is 4.13. The Balaban J connectivity index is 2.38. The van der Waals surface area contributed by atoms with E-state index in [4.69, 9.17) is 0 Å². The van der Waals surface area contributed by atoms with Crippen LogP contribution in [0, 0.1) is 28.6 Å². The van der Waals surface area contributed by atoms with Crippen LogP contribution in [0.3, 0.4) is 0 Å². The van der Waals surface area contributed by atoms with Crippen LogP contribution in [0.15, 0.2) is 0 Å². The van der Waals surface area contributed by atoms with Crippen molar-refractivity contribution in [2.45, 2.75) is 52.5 Å². The van der Waals surface area contributed by atoms with E-state index in [0.29, 0.717) is 11.3 Å². The van der Waals surface area contributed by atoms with Crippen LogP contribution in [0.2, 0.25) is 0 Å². The van der Waals surface area contributed by atoms with Crippen LogP contribution in [0.5, 0.6) is 0 Å². The Bertz CT molecular complexity index is 290. The molecule has 1 aliphatic rings. The number of likely N-dealkylation sites (N-methyl/N-ethyl adjacent to an activating group) is 1. The Morgan fingerprint density at radius 3 is 2.21 bits per heavy atom. The lowest BCUT2D eigenvalue weighted by Gasteiger charge is -2.38. The molecule has 0 heterocycles. The molecule has 0 spiro atoms. The minimum absolute atomic E-state index is 0.0425. The van der Waals surface area contributed by atoms with Gasteiger partial charge in [-0.05, 0) is 57.0 Å². The minimum atomic E-state index is 0.0425. The van der Waals surface area contributed by atoms with Crippen LogP contribution in [-0.4, -0.2) is 38.1 Å². The van der Waals surface area contributed by atoms with E-state index in [1.54, 1.807) is 0 Å². The van der Waals surface area contributed by atoms with Gasteiger partial charge in [-0.2, -0.15) is 5.26 Å². The van der Waals surface area contributed by atoms with E-state index in [9.17, 15) is 5.26 Å². The maximum absolute atomic E-state index is 9.34. The molecule has 0 amide bonds. The molecule has 0 aromatic heterocycles. The predicted molar refractivity (Wildman–Crippen MR) is 80.9 cm³/mol. The molecule has 110 valence electrons. The molecule has 0 bridgehead atoms. The third kappa shape index (κ3) is 5.50. The topological polar surface area (TPSA) is 39.1 Å². The number of nitrogens with one attached hydrogen (secondary N) is 1. The van der Waals surface area contributed by atoms with Gasteiger partial charge in [-0.3, -0.25) is 0 Å². The highest BCUT2D eigenvalue weighted by Crippen LogP contribution is 2.40. The largest absolute Gasteiger partial charge is 0.308 e. The van der Waals surface area contributed by atoms with Crippen molar-refractivity contribution < 1.29 is 0 Å². The van der Waals surface area contributed by atoms with E-state index in [0.717, 1.165) is 19.0 Å². The third-order valence-electron chi connectivity index (χ3n) is 4.53. The molecule has 1 rings (SSSR count). The Morgan fingerprint density at radius 1 is 1.21 bits per heavy atom. The molecule has 3 heteroatoms. The first-order chi connectivity index (χ1) is 8.84. The molecule has 0 aliphatic heterocycles. The van der Waals surface area contributed by atoms with Crippen LogP contribution >= 0.6 is 0 Å². The lowest BCUT2D eigenvalue weighted by Crippen LogP contribution is -2.41. The van der Waals surface area contributed by atoms with E-state index < -0.39 is 0 Å². The third-order valence-corrected chi connectivity index (χ3v) is 4.53. The van der Waals surface area contributed by atoms with Crippen molar-refractivity contribution >= 4 is 0 Å². The lowest BCUT2D eigenvalue weighted by atomic mass is 9.68. The summed E-state index contributed by atoms with van der Waals surface area (Å²) in [6, 6.07) is 2.51. The summed E-state index contributed by atoms with van der Waals surface area (Å²) in [6.07, 6.45) is 4.97. The van der Waals surface area contributed by atoms with Crippen molar-refractivity contribution in [1.29, 1.82) is 5.26 Å². The number of nitriles is 1. The van der Waals surface area contributed by atoms with Crippen molar-refractivity contribution in [2.24, 2.45) is 17.3 Å². The minimum Gasteiger partial charge on any atom is -0.308 e. The van der Waals surface area contributed by atoms with Gasteiger partial charge in [-0.25, -0.2) is 0 Å². The highest BCUT2D eigenvalue weighted by Gasteiger charge is 2.32. The molecule has 1 fully saturated rings. The second kappa shape index (κ2) is 7.26. The van der Waals surface area contributed by atoms with Crippen LogP contribution in [0.4, 0.5) is 0 Å². The summed E-state index contributed by atoms with van der Waals surface area (Å²) in [5.74, 6) is 1.37. The van der Waals surface area contributed by atoms with Crippen molar-refractivity contribution in [1.82, 2.24) is 10.2 Å². The number of hydrogen-bond donors (Lipinski definition) is 1. The molecule has 0 saturated heterocycles. The molecule has 0 radical (unpaired) electrons. The SMILES string of the molecule is CN(C)CCNC(C#N)C1CCC(C(C)(C)C)CC1. The second-order valence-electron chi connectivity index (χ2n) is 7.34. The zero-order valence-electron chi connectivity index (χ0n) is 13.4. The van der Waals surface area contributed by atoms with Crippen LogP contribution in [0.1, 0.15) is 46.5 Å². The maximum Gasteiger partial charge on any atom is 0.0981 e. The monoisotopic (exact) mass is 265 g/mol. The maximum atomic E-state index is 9.34. The Morgan fingerprint density at radius 2 is 1.79 bits per heavy atom. The average Bonchev–Trinajstić information content (AvgIpc) is 2.33. The first-order valence-corrected chi connectivity index (χ1v) is 7.62. The zero-order valence-corrected chi connectivity index (χ0v) is 13.4. The number of hydrogen-bond acceptors (Lipinski definition) is 3. The Labute approximate surface area is 119 Å². The smallest absolute Gasteiger partial charge is 0.0981 e. The van der Waals surface area contributed by atoms with E-state index in [1.807, 2.05) is 0 Å². The highest BCUT2D eigenvalue weighted by molar-refractivity contribution is 4.97. The van der Waals surface area contributed by atoms with Gasteiger partial charge in [0.1, 0.15) is 0 Å². The normalized spacial score (nSPS) is 26.2. The fourth-order valence-electron chi connectivity index (χ4n) is 3.08. The molecule has 0 aromatic carbocycles. The van der Waals surface area contributed by atoms with Gasteiger partial charge in [0.2, 0.25) is 0 Å². The fraction of sp³-hybridized carbons (Fsp3) is 0.938. The summed E-state index contributed by atoms with van der Waals surface area (Å²) < 4.78 is 0. The molecule has 1 unspecified atom stereocenters. The highest BCUT2D eigenvalue weighted by atomic mass is 15.1.